The van der Waals surface area contributed by atoms with E-state index >= 15 is 0 Å². The minimum absolute atomic E-state index is 0.0193. The largest absolute Gasteiger partial charge is 0.508 e. The van der Waals surface area contributed by atoms with Gasteiger partial charge in [0.1, 0.15) is 11.5 Å². The highest BCUT2D eigenvalue weighted by Gasteiger charge is 2.10. The summed E-state index contributed by atoms with van der Waals surface area (Å²) in [6, 6.07) is 9.50. The fourth-order valence-electron chi connectivity index (χ4n) is 1.79. The summed E-state index contributed by atoms with van der Waals surface area (Å²) < 4.78 is 0. The first kappa shape index (κ1) is 13.8. The van der Waals surface area contributed by atoms with Crippen LogP contribution in [-0.2, 0) is 0 Å². The molecule has 5 heteroatoms. The average Bonchev–Trinajstić information content (AvgIpc) is 2.31. The molecule has 0 saturated heterocycles. The minimum atomic E-state index is -0.128. The van der Waals surface area contributed by atoms with Crippen LogP contribution in [0.3, 0.4) is 0 Å². The van der Waals surface area contributed by atoms with Gasteiger partial charge in [-0.25, -0.2) is 0 Å². The van der Waals surface area contributed by atoms with Crippen molar-refractivity contribution in [3.8, 4) is 11.5 Å². The lowest BCUT2D eigenvalue weighted by atomic mass is 10.1. The molecule has 1 unspecified atom stereocenters. The summed E-state index contributed by atoms with van der Waals surface area (Å²) >= 11 is 11.9. The number of rotatable bonds is 3. The van der Waals surface area contributed by atoms with Gasteiger partial charge in [-0.05, 0) is 42.8 Å². The van der Waals surface area contributed by atoms with Crippen LogP contribution in [0.4, 0.5) is 5.69 Å². The first-order valence-electron chi connectivity index (χ1n) is 5.70. The first-order valence-corrected chi connectivity index (χ1v) is 6.46. The second kappa shape index (κ2) is 5.59. The van der Waals surface area contributed by atoms with Crippen LogP contribution in [0.15, 0.2) is 36.4 Å². The molecular weight excluding hydrogens is 285 g/mol. The Morgan fingerprint density at radius 2 is 1.63 bits per heavy atom. The second-order valence-corrected chi connectivity index (χ2v) is 5.12. The van der Waals surface area contributed by atoms with Crippen LogP contribution < -0.4 is 5.32 Å². The van der Waals surface area contributed by atoms with Crippen LogP contribution in [0.2, 0.25) is 10.0 Å². The van der Waals surface area contributed by atoms with Crippen molar-refractivity contribution in [3.63, 3.8) is 0 Å². The van der Waals surface area contributed by atoms with Crippen LogP contribution in [0.25, 0.3) is 0 Å². The van der Waals surface area contributed by atoms with Crippen molar-refractivity contribution in [3.05, 3.63) is 52.0 Å². The van der Waals surface area contributed by atoms with Crippen LogP contribution in [0.1, 0.15) is 18.5 Å². The predicted molar refractivity (Wildman–Crippen MR) is 78.3 cm³/mol. The van der Waals surface area contributed by atoms with Gasteiger partial charge in [-0.2, -0.15) is 0 Å². The molecule has 100 valence electrons. The molecule has 0 amide bonds. The molecule has 2 aromatic rings. The van der Waals surface area contributed by atoms with Crippen molar-refractivity contribution >= 4 is 28.9 Å². The van der Waals surface area contributed by atoms with Crippen LogP contribution in [0.5, 0.6) is 11.5 Å². The molecule has 0 aliphatic rings. The quantitative estimate of drug-likeness (QED) is 0.777. The number of hydrogen-bond donors (Lipinski definition) is 3. The average molecular weight is 298 g/mol. The highest BCUT2D eigenvalue weighted by atomic mass is 35.5. The summed E-state index contributed by atoms with van der Waals surface area (Å²) in [5.41, 5.74) is 1.49. The van der Waals surface area contributed by atoms with E-state index in [1.54, 1.807) is 30.3 Å². The molecule has 1 atom stereocenters. The van der Waals surface area contributed by atoms with E-state index in [1.807, 2.05) is 6.92 Å². The Kier molecular flexibility index (Phi) is 4.08. The van der Waals surface area contributed by atoms with E-state index in [1.165, 1.54) is 6.07 Å². The zero-order valence-corrected chi connectivity index (χ0v) is 11.7. The van der Waals surface area contributed by atoms with Crippen LogP contribution in [-0.4, -0.2) is 10.2 Å². The van der Waals surface area contributed by atoms with E-state index in [4.69, 9.17) is 23.2 Å². The summed E-state index contributed by atoms with van der Waals surface area (Å²) in [6.07, 6.45) is 0. The number of hydrogen-bond acceptors (Lipinski definition) is 3. The number of anilines is 1. The summed E-state index contributed by atoms with van der Waals surface area (Å²) in [7, 11) is 0. The van der Waals surface area contributed by atoms with E-state index in [0.717, 1.165) is 11.3 Å². The third kappa shape index (κ3) is 3.46. The molecule has 2 rings (SSSR count). The van der Waals surface area contributed by atoms with E-state index in [2.05, 4.69) is 5.32 Å². The highest BCUT2D eigenvalue weighted by Crippen LogP contribution is 2.31. The Morgan fingerprint density at radius 3 is 2.21 bits per heavy atom. The number of phenols is 2. The van der Waals surface area contributed by atoms with Crippen molar-refractivity contribution in [1.29, 1.82) is 0 Å². The van der Waals surface area contributed by atoms with Crippen molar-refractivity contribution < 1.29 is 10.2 Å². The van der Waals surface area contributed by atoms with E-state index in [9.17, 15) is 10.2 Å². The fraction of sp³-hybridized carbons (Fsp3) is 0.143. The molecule has 0 radical (unpaired) electrons. The molecule has 2 aromatic carbocycles. The lowest BCUT2D eigenvalue weighted by Crippen LogP contribution is -2.06. The molecular formula is C14H13Cl2NO2. The normalized spacial score (nSPS) is 12.2. The lowest BCUT2D eigenvalue weighted by Gasteiger charge is -2.17. The maximum absolute atomic E-state index is 9.47. The van der Waals surface area contributed by atoms with Gasteiger partial charge in [0.25, 0.3) is 0 Å². The van der Waals surface area contributed by atoms with E-state index < -0.39 is 0 Å². The number of halogens is 2. The second-order valence-electron chi connectivity index (χ2n) is 4.27. The van der Waals surface area contributed by atoms with Gasteiger partial charge < -0.3 is 15.5 Å². The Morgan fingerprint density at radius 1 is 1.00 bits per heavy atom. The molecule has 0 aliphatic heterocycles. The van der Waals surface area contributed by atoms with Gasteiger partial charge in [0.2, 0.25) is 0 Å². The van der Waals surface area contributed by atoms with Gasteiger partial charge in [-0.3, -0.25) is 0 Å². The standard InChI is InChI=1S/C14H13Cl2NO2/c1-8(9-4-11(18)7-12(19)5-9)17-14-3-2-10(15)6-13(14)16/h2-8,17-19H,1H3. The van der Waals surface area contributed by atoms with Crippen LogP contribution >= 0.6 is 23.2 Å². The molecule has 0 saturated carbocycles. The maximum atomic E-state index is 9.47. The number of benzene rings is 2. The monoisotopic (exact) mass is 297 g/mol. The van der Waals surface area contributed by atoms with Crippen LogP contribution in [0, 0.1) is 0 Å². The third-order valence-corrected chi connectivity index (χ3v) is 3.28. The van der Waals surface area contributed by atoms with Crippen molar-refractivity contribution in [1.82, 2.24) is 0 Å². The minimum Gasteiger partial charge on any atom is -0.508 e. The summed E-state index contributed by atoms with van der Waals surface area (Å²) in [5.74, 6) is 0.0386. The van der Waals surface area contributed by atoms with Gasteiger partial charge >= 0.3 is 0 Å². The summed E-state index contributed by atoms with van der Waals surface area (Å²) in [4.78, 5) is 0. The maximum Gasteiger partial charge on any atom is 0.119 e. The number of aromatic hydroxyl groups is 2. The van der Waals surface area contributed by atoms with Gasteiger partial charge in [0, 0.05) is 17.1 Å². The summed E-state index contributed by atoms with van der Waals surface area (Å²) in [5, 5.41) is 23.2. The Bertz CT molecular complexity index is 582. The topological polar surface area (TPSA) is 52.5 Å². The van der Waals surface area contributed by atoms with E-state index in [-0.39, 0.29) is 17.5 Å². The van der Waals surface area contributed by atoms with Crippen molar-refractivity contribution in [2.24, 2.45) is 0 Å². The molecule has 0 fully saturated rings. The smallest absolute Gasteiger partial charge is 0.119 e. The zero-order valence-electron chi connectivity index (χ0n) is 10.2. The fourth-order valence-corrected chi connectivity index (χ4v) is 2.25. The van der Waals surface area contributed by atoms with Gasteiger partial charge in [-0.15, -0.1) is 0 Å². The molecule has 3 N–H and O–H groups in total. The predicted octanol–water partition coefficient (Wildman–Crippen LogP) is 4.58. The SMILES string of the molecule is CC(Nc1ccc(Cl)cc1Cl)c1cc(O)cc(O)c1. The first-order chi connectivity index (χ1) is 8.95. The van der Waals surface area contributed by atoms with E-state index in [0.29, 0.717) is 10.0 Å². The number of nitrogens with one attached hydrogen (secondary N) is 1. The summed E-state index contributed by atoms with van der Waals surface area (Å²) in [6.45, 7) is 1.90. The molecule has 0 aliphatic carbocycles. The molecule has 19 heavy (non-hydrogen) atoms. The van der Waals surface area contributed by atoms with Gasteiger partial charge in [0.15, 0.2) is 0 Å². The molecule has 0 heterocycles. The zero-order chi connectivity index (χ0) is 14.0. The molecule has 3 nitrogen and oxygen atoms in total. The van der Waals surface area contributed by atoms with Gasteiger partial charge in [0.05, 0.1) is 10.7 Å². The lowest BCUT2D eigenvalue weighted by molar-refractivity contribution is 0.448. The Hall–Kier alpha value is -1.58. The molecule has 0 aromatic heterocycles. The Labute approximate surface area is 121 Å². The molecule has 0 spiro atoms. The highest BCUT2D eigenvalue weighted by molar-refractivity contribution is 6.36. The molecule has 0 bridgehead atoms. The Balaban J connectivity index is 2.22. The van der Waals surface area contributed by atoms with Crippen molar-refractivity contribution in [2.75, 3.05) is 5.32 Å². The number of phenolic OH excluding ortho intramolecular Hbond substituents is 2. The third-order valence-electron chi connectivity index (χ3n) is 2.73. The van der Waals surface area contributed by atoms with Gasteiger partial charge in [-0.1, -0.05) is 23.2 Å². The van der Waals surface area contributed by atoms with Crippen molar-refractivity contribution in [2.45, 2.75) is 13.0 Å².